The number of hydrogen-bond donors (Lipinski definition) is 0. The predicted molar refractivity (Wildman–Crippen MR) is 29.2 cm³/mol. The molecule has 0 nitrogen and oxygen atoms in total. The summed E-state index contributed by atoms with van der Waals surface area (Å²) in [5, 5.41) is 0. The second-order valence-electron chi connectivity index (χ2n) is 3.46. The molecular formula is C4H12AlLi. The molecule has 0 N–H and O–H groups in total. The summed E-state index contributed by atoms with van der Waals surface area (Å²) in [4.78, 5) is 0. The van der Waals surface area contributed by atoms with E-state index >= 15 is 0 Å². The molecule has 0 aliphatic rings. The first-order chi connectivity index (χ1) is 2.00. The Balaban J connectivity index is 0. The first-order valence-electron chi connectivity index (χ1n) is 2.31. The predicted octanol–water partition coefficient (Wildman–Crippen LogP) is -1.04. The third-order valence-electron chi connectivity index (χ3n) is 0. The maximum absolute atomic E-state index is 2.35. The van der Waals surface area contributed by atoms with Crippen LogP contribution in [0.1, 0.15) is 0 Å². The molecule has 6 heavy (non-hydrogen) atoms. The van der Waals surface area contributed by atoms with Gasteiger partial charge in [0.05, 0.1) is 0 Å². The first kappa shape index (κ1) is 10.2. The normalized spacial score (nSPS) is 10.0. The van der Waals surface area contributed by atoms with Crippen molar-refractivity contribution in [3.8, 4) is 0 Å². The Morgan fingerprint density at radius 3 is 0.833 bits per heavy atom. The van der Waals surface area contributed by atoms with Crippen LogP contribution in [0.4, 0.5) is 0 Å². The zero-order valence-corrected chi connectivity index (χ0v) is 6.73. The summed E-state index contributed by atoms with van der Waals surface area (Å²) in [6, 6.07) is 0. The van der Waals surface area contributed by atoms with Gasteiger partial charge in [-0.1, -0.05) is 0 Å². The SMILES string of the molecule is [CH3][Al-]([CH3])([CH3])[CH3].[Li+]. The van der Waals surface area contributed by atoms with E-state index in [9.17, 15) is 0 Å². The first-order valence-corrected chi connectivity index (χ1v) is 6.93. The standard InChI is InChI=1S/4CH3.Al.Li/h4*1H3;;/q;;;;-1;+1. The maximum atomic E-state index is 2.35. The van der Waals surface area contributed by atoms with E-state index in [0.717, 1.165) is 0 Å². The van der Waals surface area contributed by atoms with Crippen molar-refractivity contribution < 1.29 is 18.9 Å². The Hall–Kier alpha value is 1.13. The minimum Gasteiger partial charge on any atom is -0.204 e. The summed E-state index contributed by atoms with van der Waals surface area (Å²) >= 11 is -0.833. The molecule has 0 heterocycles. The Morgan fingerprint density at radius 2 is 0.833 bits per heavy atom. The molecule has 0 aromatic carbocycles. The summed E-state index contributed by atoms with van der Waals surface area (Å²) in [5.41, 5.74) is 0. The van der Waals surface area contributed by atoms with E-state index < -0.39 is 13.1 Å². The number of rotatable bonds is 0. The van der Waals surface area contributed by atoms with Gasteiger partial charge in [-0.3, -0.25) is 0 Å². The van der Waals surface area contributed by atoms with Crippen LogP contribution < -0.4 is 18.9 Å². The molecule has 0 spiro atoms. The van der Waals surface area contributed by atoms with Crippen molar-refractivity contribution in [1.29, 1.82) is 0 Å². The smallest absolute Gasteiger partial charge is 0.204 e. The van der Waals surface area contributed by atoms with Crippen LogP contribution in [0.5, 0.6) is 0 Å². The fourth-order valence-corrected chi connectivity index (χ4v) is 0. The van der Waals surface area contributed by atoms with Gasteiger partial charge in [0.2, 0.25) is 0 Å². The van der Waals surface area contributed by atoms with E-state index in [-0.39, 0.29) is 18.9 Å². The molecule has 0 atom stereocenters. The Bertz CT molecular complexity index is 23.0. The van der Waals surface area contributed by atoms with Gasteiger partial charge in [0.15, 0.2) is 0 Å². The van der Waals surface area contributed by atoms with Crippen LogP contribution in [-0.4, -0.2) is 13.1 Å². The molecule has 0 aliphatic carbocycles. The van der Waals surface area contributed by atoms with Crippen molar-refractivity contribution in [2.24, 2.45) is 0 Å². The maximum Gasteiger partial charge on any atom is 1.00 e. The Morgan fingerprint density at radius 1 is 0.833 bits per heavy atom. The molecule has 0 saturated carbocycles. The van der Waals surface area contributed by atoms with Crippen LogP contribution in [-0.2, 0) is 0 Å². The van der Waals surface area contributed by atoms with E-state index in [1.165, 1.54) is 0 Å². The van der Waals surface area contributed by atoms with Crippen molar-refractivity contribution in [3.63, 3.8) is 0 Å². The molecule has 0 fully saturated rings. The third kappa shape index (κ3) is 68.5. The summed E-state index contributed by atoms with van der Waals surface area (Å²) in [7, 11) is 0. The molecule has 0 aromatic rings. The van der Waals surface area contributed by atoms with Crippen molar-refractivity contribution >= 4 is 13.1 Å². The molecule has 2 heteroatoms. The molecule has 0 aromatic heterocycles. The van der Waals surface area contributed by atoms with Gasteiger partial charge in [-0.15, -0.1) is 0 Å². The second-order valence-corrected chi connectivity index (χ2v) is 10.4. The largest absolute Gasteiger partial charge is 1.00 e. The topological polar surface area (TPSA) is 0 Å². The van der Waals surface area contributed by atoms with Crippen molar-refractivity contribution in [1.82, 2.24) is 0 Å². The molecule has 0 saturated heterocycles. The zero-order chi connectivity index (χ0) is 4.50. The fraction of sp³-hybridized carbons (Fsp3) is 1.00. The van der Waals surface area contributed by atoms with Gasteiger partial charge >= 0.3 is 18.9 Å². The minimum absolute atomic E-state index is 0. The van der Waals surface area contributed by atoms with Gasteiger partial charge in [-0.2, -0.15) is 0 Å². The van der Waals surface area contributed by atoms with E-state index in [1.54, 1.807) is 0 Å². The van der Waals surface area contributed by atoms with Crippen LogP contribution in [0.15, 0.2) is 0 Å². The minimum atomic E-state index is -0.833. The zero-order valence-electron chi connectivity index (χ0n) is 5.58. The average molecular weight is 94.1 g/mol. The van der Waals surface area contributed by atoms with E-state index in [1.807, 2.05) is 0 Å². The third-order valence-corrected chi connectivity index (χ3v) is 0. The fourth-order valence-electron chi connectivity index (χ4n) is 0. The van der Waals surface area contributed by atoms with Crippen molar-refractivity contribution in [3.05, 3.63) is 0 Å². The number of hydrogen-bond acceptors (Lipinski definition) is 0. The Kier molecular flexibility index (Phi) is 5.38. The van der Waals surface area contributed by atoms with Crippen LogP contribution in [0.2, 0.25) is 23.1 Å². The van der Waals surface area contributed by atoms with Crippen molar-refractivity contribution in [2.45, 2.75) is 23.1 Å². The van der Waals surface area contributed by atoms with E-state index in [4.69, 9.17) is 0 Å². The van der Waals surface area contributed by atoms with Gasteiger partial charge in [0.25, 0.3) is 0 Å². The van der Waals surface area contributed by atoms with Crippen LogP contribution >= 0.6 is 0 Å². The quantitative estimate of drug-likeness (QED) is 0.336. The molecule has 0 aliphatic heterocycles. The average Bonchev–Trinajstić information content (AvgIpc) is 0.722. The molecule has 0 radical (unpaired) electrons. The van der Waals surface area contributed by atoms with Crippen LogP contribution in [0, 0.1) is 0 Å². The van der Waals surface area contributed by atoms with Crippen molar-refractivity contribution in [2.75, 3.05) is 0 Å². The van der Waals surface area contributed by atoms with Crippen LogP contribution in [0.3, 0.4) is 0 Å². The summed E-state index contributed by atoms with van der Waals surface area (Å²) in [5.74, 6) is 9.42. The van der Waals surface area contributed by atoms with Gasteiger partial charge < -0.3 is 0 Å². The van der Waals surface area contributed by atoms with E-state index in [0.29, 0.717) is 0 Å². The van der Waals surface area contributed by atoms with Crippen LogP contribution in [0.25, 0.3) is 0 Å². The molecule has 0 bridgehead atoms. The molecule has 0 unspecified atom stereocenters. The molecule has 0 amide bonds. The molecule has 0 rings (SSSR count). The molecular weight excluding hydrogens is 82.0 g/mol. The summed E-state index contributed by atoms with van der Waals surface area (Å²) in [6.45, 7) is 0. The monoisotopic (exact) mass is 94.1 g/mol. The summed E-state index contributed by atoms with van der Waals surface area (Å²) in [6.07, 6.45) is 0. The summed E-state index contributed by atoms with van der Waals surface area (Å²) < 4.78 is 0. The second kappa shape index (κ2) is 3.17. The van der Waals surface area contributed by atoms with Gasteiger partial charge in [-0.05, 0) is 0 Å². The van der Waals surface area contributed by atoms with Gasteiger partial charge in [0.1, 0.15) is 13.1 Å². The van der Waals surface area contributed by atoms with Gasteiger partial charge in [-0.25, -0.2) is 23.1 Å². The molecule has 32 valence electrons. The van der Waals surface area contributed by atoms with E-state index in [2.05, 4.69) is 23.1 Å². The Labute approximate surface area is 55.2 Å². The van der Waals surface area contributed by atoms with Gasteiger partial charge in [0, 0.05) is 0 Å².